The van der Waals surface area contributed by atoms with E-state index in [1.165, 1.54) is 12.8 Å². The van der Waals surface area contributed by atoms with Crippen LogP contribution in [-0.4, -0.2) is 22.3 Å². The van der Waals surface area contributed by atoms with Crippen molar-refractivity contribution in [3.05, 3.63) is 47.7 Å². The summed E-state index contributed by atoms with van der Waals surface area (Å²) >= 11 is 0. The molecule has 122 valence electrons. The van der Waals surface area contributed by atoms with Crippen LogP contribution in [0.2, 0.25) is 0 Å². The zero-order chi connectivity index (χ0) is 16.2. The number of ether oxygens (including phenoxy) is 1. The molecule has 0 aliphatic heterocycles. The first-order valence-corrected chi connectivity index (χ1v) is 8.11. The maximum Gasteiger partial charge on any atom is 0.251 e. The van der Waals surface area contributed by atoms with E-state index in [4.69, 9.17) is 4.74 Å². The summed E-state index contributed by atoms with van der Waals surface area (Å²) in [5.74, 6) is 1.32. The molecule has 0 spiro atoms. The first-order chi connectivity index (χ1) is 11.1. The molecule has 1 aromatic carbocycles. The van der Waals surface area contributed by atoms with Gasteiger partial charge in [-0.25, -0.2) is 4.68 Å². The lowest BCUT2D eigenvalue weighted by Gasteiger charge is -2.16. The molecule has 1 aliphatic rings. The Bertz CT molecular complexity index is 662. The third-order valence-electron chi connectivity index (χ3n) is 4.27. The van der Waals surface area contributed by atoms with E-state index in [9.17, 15) is 4.79 Å². The zero-order valence-electron chi connectivity index (χ0n) is 13.7. The Hall–Kier alpha value is -2.14. The summed E-state index contributed by atoms with van der Waals surface area (Å²) < 4.78 is 7.42. The Labute approximate surface area is 136 Å². The molecule has 1 amide bonds. The van der Waals surface area contributed by atoms with E-state index in [0.29, 0.717) is 18.6 Å². The van der Waals surface area contributed by atoms with Crippen molar-refractivity contribution in [2.45, 2.75) is 39.3 Å². The minimum Gasteiger partial charge on any atom is -0.367 e. The molecule has 3 rings (SSSR count). The lowest BCUT2D eigenvalue weighted by molar-refractivity contribution is -0.121. The number of carbonyl (C=O) groups excluding carboxylic acids is 1. The molecule has 0 saturated heterocycles. The van der Waals surface area contributed by atoms with E-state index < -0.39 is 0 Å². The molecule has 1 fully saturated rings. The predicted molar refractivity (Wildman–Crippen MR) is 89.1 cm³/mol. The summed E-state index contributed by atoms with van der Waals surface area (Å²) in [5, 5.41) is 7.36. The number of rotatable bonds is 7. The van der Waals surface area contributed by atoms with Gasteiger partial charge < -0.3 is 10.1 Å². The van der Waals surface area contributed by atoms with Crippen molar-refractivity contribution in [1.29, 1.82) is 0 Å². The maximum atomic E-state index is 12.1. The third kappa shape index (κ3) is 3.99. The molecule has 1 aromatic heterocycles. The molecule has 1 heterocycles. The second-order valence-electron chi connectivity index (χ2n) is 6.23. The van der Waals surface area contributed by atoms with Crippen molar-refractivity contribution >= 4 is 11.7 Å². The van der Waals surface area contributed by atoms with Crippen LogP contribution >= 0.6 is 0 Å². The number of nitrogens with zero attached hydrogens (tertiary/aromatic N) is 2. The summed E-state index contributed by atoms with van der Waals surface area (Å²) in [5.41, 5.74) is 2.04. The molecular formula is C18H23N3O2. The number of benzene rings is 1. The van der Waals surface area contributed by atoms with Gasteiger partial charge in [0.15, 0.2) is 0 Å². The molecule has 5 nitrogen and oxygen atoms in total. The van der Waals surface area contributed by atoms with Gasteiger partial charge in [0.2, 0.25) is 0 Å². The van der Waals surface area contributed by atoms with Crippen LogP contribution < -0.4 is 5.32 Å². The molecule has 5 heteroatoms. The van der Waals surface area contributed by atoms with Crippen LogP contribution in [0.15, 0.2) is 36.5 Å². The van der Waals surface area contributed by atoms with Crippen molar-refractivity contribution in [2.75, 3.05) is 11.9 Å². The summed E-state index contributed by atoms with van der Waals surface area (Å²) in [6.07, 6.45) is 4.29. The normalized spacial score (nSPS) is 15.4. The number of hydrogen-bond acceptors (Lipinski definition) is 3. The Balaban J connectivity index is 1.54. The molecular weight excluding hydrogens is 290 g/mol. The van der Waals surface area contributed by atoms with Crippen molar-refractivity contribution in [1.82, 2.24) is 9.78 Å². The lowest BCUT2D eigenvalue weighted by atomic mass is 10.2. The first kappa shape index (κ1) is 15.7. The van der Waals surface area contributed by atoms with E-state index in [2.05, 4.69) is 17.3 Å². The van der Waals surface area contributed by atoms with E-state index in [-0.39, 0.29) is 12.5 Å². The van der Waals surface area contributed by atoms with E-state index >= 15 is 0 Å². The highest BCUT2D eigenvalue weighted by atomic mass is 16.5. The van der Waals surface area contributed by atoms with Crippen molar-refractivity contribution in [3.8, 4) is 0 Å². The molecule has 0 bridgehead atoms. The monoisotopic (exact) mass is 313 g/mol. The molecule has 1 atom stereocenters. The third-order valence-corrected chi connectivity index (χ3v) is 4.27. The smallest absolute Gasteiger partial charge is 0.251 e. The molecule has 0 unspecified atom stereocenters. The van der Waals surface area contributed by atoms with Crippen molar-refractivity contribution in [3.63, 3.8) is 0 Å². The van der Waals surface area contributed by atoms with Crippen molar-refractivity contribution in [2.24, 2.45) is 5.92 Å². The summed E-state index contributed by atoms with van der Waals surface area (Å²) in [6.45, 7) is 4.59. The Morgan fingerprint density at radius 2 is 2.13 bits per heavy atom. The average molecular weight is 313 g/mol. The van der Waals surface area contributed by atoms with Gasteiger partial charge in [0.25, 0.3) is 5.91 Å². The first-order valence-electron chi connectivity index (χ1n) is 8.11. The van der Waals surface area contributed by atoms with Crippen LogP contribution in [0, 0.1) is 12.8 Å². The number of aromatic nitrogens is 2. The molecule has 1 aliphatic carbocycles. The molecule has 1 saturated carbocycles. The number of nitrogens with one attached hydrogen (secondary N) is 1. The Morgan fingerprint density at radius 1 is 1.39 bits per heavy atom. The fourth-order valence-corrected chi connectivity index (χ4v) is 2.70. The van der Waals surface area contributed by atoms with Crippen LogP contribution in [0.25, 0.3) is 0 Å². The standard InChI is InChI=1S/C18H23N3O2/c1-13-10-19-21(14(2)16-8-9-16)18(13)20-17(22)12-23-11-15-6-4-3-5-7-15/h3-7,10,14,16H,8-9,11-12H2,1-2H3,(H,20,22)/t14-/m0/s1. The highest BCUT2D eigenvalue weighted by Crippen LogP contribution is 2.40. The van der Waals surface area contributed by atoms with Gasteiger partial charge in [-0.1, -0.05) is 30.3 Å². The Kier molecular flexibility index (Phi) is 4.76. The van der Waals surface area contributed by atoms with Crippen LogP contribution in [0.5, 0.6) is 0 Å². The van der Waals surface area contributed by atoms with Crippen LogP contribution in [0.1, 0.15) is 36.9 Å². The minimum atomic E-state index is -0.145. The summed E-state index contributed by atoms with van der Waals surface area (Å²) in [4.78, 5) is 12.1. The summed E-state index contributed by atoms with van der Waals surface area (Å²) in [7, 11) is 0. The molecule has 2 aromatic rings. The van der Waals surface area contributed by atoms with Gasteiger partial charge in [-0.2, -0.15) is 5.10 Å². The van der Waals surface area contributed by atoms with Gasteiger partial charge in [0.1, 0.15) is 12.4 Å². The SMILES string of the molecule is Cc1cnn([C@@H](C)C2CC2)c1NC(=O)COCc1ccccc1. The fraction of sp³-hybridized carbons (Fsp3) is 0.444. The largest absolute Gasteiger partial charge is 0.367 e. The van der Waals surface area contributed by atoms with Crippen LogP contribution in [0.3, 0.4) is 0 Å². The van der Waals surface area contributed by atoms with Crippen LogP contribution in [0.4, 0.5) is 5.82 Å². The molecule has 0 radical (unpaired) electrons. The van der Waals surface area contributed by atoms with Gasteiger partial charge in [0, 0.05) is 5.56 Å². The average Bonchev–Trinajstić information content (AvgIpc) is 3.34. The lowest BCUT2D eigenvalue weighted by Crippen LogP contribution is -2.22. The van der Waals surface area contributed by atoms with Gasteiger partial charge in [-0.3, -0.25) is 4.79 Å². The highest BCUT2D eigenvalue weighted by Gasteiger charge is 2.31. The number of aryl methyl sites for hydroxylation is 1. The summed E-state index contributed by atoms with van der Waals surface area (Å²) in [6, 6.07) is 10.2. The van der Waals surface area contributed by atoms with Crippen molar-refractivity contribution < 1.29 is 9.53 Å². The zero-order valence-corrected chi connectivity index (χ0v) is 13.7. The van der Waals surface area contributed by atoms with Gasteiger partial charge >= 0.3 is 0 Å². The van der Waals surface area contributed by atoms with Gasteiger partial charge in [-0.15, -0.1) is 0 Å². The molecule has 23 heavy (non-hydrogen) atoms. The second kappa shape index (κ2) is 6.96. The van der Waals surface area contributed by atoms with Crippen LogP contribution in [-0.2, 0) is 16.1 Å². The highest BCUT2D eigenvalue weighted by molar-refractivity contribution is 5.91. The van der Waals surface area contributed by atoms with Gasteiger partial charge in [-0.05, 0) is 38.2 Å². The number of carbonyl (C=O) groups is 1. The quantitative estimate of drug-likeness (QED) is 0.853. The number of anilines is 1. The number of hydrogen-bond donors (Lipinski definition) is 1. The Morgan fingerprint density at radius 3 is 2.83 bits per heavy atom. The molecule has 1 N–H and O–H groups in total. The van der Waals surface area contributed by atoms with E-state index in [1.54, 1.807) is 6.20 Å². The number of amides is 1. The fourth-order valence-electron chi connectivity index (χ4n) is 2.70. The topological polar surface area (TPSA) is 56.2 Å². The maximum absolute atomic E-state index is 12.1. The predicted octanol–water partition coefficient (Wildman–Crippen LogP) is 3.32. The van der Waals surface area contributed by atoms with E-state index in [0.717, 1.165) is 16.9 Å². The van der Waals surface area contributed by atoms with E-state index in [1.807, 2.05) is 41.9 Å². The van der Waals surface area contributed by atoms with Gasteiger partial charge in [0.05, 0.1) is 18.8 Å². The second-order valence-corrected chi connectivity index (χ2v) is 6.23. The minimum absolute atomic E-state index is 0.0390.